The van der Waals surface area contributed by atoms with Gasteiger partial charge in [-0.05, 0) is 30.7 Å². The zero-order valence-corrected chi connectivity index (χ0v) is 16.1. The second kappa shape index (κ2) is 6.72. The Hall–Kier alpha value is -2.83. The maximum Gasteiger partial charge on any atom is 0.331 e. The normalized spacial score (nSPS) is 15.6. The molecule has 1 aromatic carbocycles. The Labute approximate surface area is 157 Å². The highest BCUT2D eigenvalue weighted by atomic mass is 16.2. The van der Waals surface area contributed by atoms with Crippen LogP contribution in [-0.2, 0) is 27.6 Å². The molecular weight excluding hydrogens is 342 g/mol. The Kier molecular flexibility index (Phi) is 4.37. The summed E-state index contributed by atoms with van der Waals surface area (Å²) >= 11 is 0. The Morgan fingerprint density at radius 2 is 1.63 bits per heavy atom. The van der Waals surface area contributed by atoms with Crippen molar-refractivity contribution in [1.82, 2.24) is 18.9 Å². The average Bonchev–Trinajstić information content (AvgIpc) is 3.03. The number of hydrogen-bond acceptors (Lipinski definition) is 4. The number of anilines is 1. The summed E-state index contributed by atoms with van der Waals surface area (Å²) in [5.41, 5.74) is 1.87. The fourth-order valence-corrected chi connectivity index (χ4v) is 4.12. The lowest BCUT2D eigenvalue weighted by molar-refractivity contribution is 0.402. The number of fused-ring (bicyclic) bond motifs is 1. The molecule has 1 saturated heterocycles. The van der Waals surface area contributed by atoms with Crippen molar-refractivity contribution in [3.63, 3.8) is 0 Å². The summed E-state index contributed by atoms with van der Waals surface area (Å²) in [4.78, 5) is 27.1. The molecule has 1 fully saturated rings. The van der Waals surface area contributed by atoms with Gasteiger partial charge in [0.1, 0.15) is 5.52 Å². The van der Waals surface area contributed by atoms with Crippen LogP contribution >= 0.6 is 0 Å². The summed E-state index contributed by atoms with van der Waals surface area (Å²) in [6, 6.07) is 10.6. The number of hydrogen-bond donors (Lipinski definition) is 0. The second-order valence-electron chi connectivity index (χ2n) is 7.47. The van der Waals surface area contributed by atoms with Crippen LogP contribution in [0.2, 0.25) is 0 Å². The third-order valence-electron chi connectivity index (χ3n) is 5.70. The highest BCUT2D eigenvalue weighted by molar-refractivity contribution is 5.86. The topological polar surface area (TPSA) is 65.1 Å². The standard InChI is InChI=1S/C20H25N5O2/c1-22-16-17(19(26)23(2)20(22)27)24(3)21-18(16)25-11-9-15(10-12-25)13-14-7-5-4-6-8-14/h4-8,15H,9-13H2,1-3H3. The van der Waals surface area contributed by atoms with Gasteiger partial charge >= 0.3 is 5.69 Å². The van der Waals surface area contributed by atoms with Gasteiger partial charge in [0.15, 0.2) is 11.3 Å². The van der Waals surface area contributed by atoms with Gasteiger partial charge in [0, 0.05) is 34.2 Å². The molecule has 2 aromatic heterocycles. The quantitative estimate of drug-likeness (QED) is 0.702. The molecule has 3 aromatic rings. The number of aromatic nitrogens is 4. The SMILES string of the molecule is Cn1c(=O)c2c(c(N3CCC(Cc4ccccc4)CC3)nn2C)n(C)c1=O. The first-order valence-corrected chi connectivity index (χ1v) is 9.39. The molecule has 0 N–H and O–H groups in total. The molecule has 7 nitrogen and oxygen atoms in total. The van der Waals surface area contributed by atoms with E-state index in [2.05, 4.69) is 34.3 Å². The van der Waals surface area contributed by atoms with E-state index in [4.69, 9.17) is 0 Å². The maximum absolute atomic E-state index is 12.5. The summed E-state index contributed by atoms with van der Waals surface area (Å²) in [5, 5.41) is 4.60. The van der Waals surface area contributed by atoms with Crippen molar-refractivity contribution in [3.05, 3.63) is 56.7 Å². The molecule has 142 valence electrons. The molecule has 1 aliphatic heterocycles. The number of rotatable bonds is 3. The van der Waals surface area contributed by atoms with Crippen LogP contribution in [0.3, 0.4) is 0 Å². The van der Waals surface area contributed by atoms with Gasteiger partial charge < -0.3 is 4.90 Å². The van der Waals surface area contributed by atoms with E-state index < -0.39 is 0 Å². The Bertz CT molecular complexity index is 1090. The van der Waals surface area contributed by atoms with Gasteiger partial charge in [-0.3, -0.25) is 18.6 Å². The van der Waals surface area contributed by atoms with Gasteiger partial charge in [-0.2, -0.15) is 5.10 Å². The molecule has 0 amide bonds. The Morgan fingerprint density at radius 1 is 0.963 bits per heavy atom. The molecule has 1 aliphatic rings. The Balaban J connectivity index is 1.61. The maximum atomic E-state index is 12.5. The summed E-state index contributed by atoms with van der Waals surface area (Å²) < 4.78 is 4.28. The van der Waals surface area contributed by atoms with E-state index in [0.29, 0.717) is 17.0 Å². The van der Waals surface area contributed by atoms with E-state index in [-0.39, 0.29) is 11.2 Å². The lowest BCUT2D eigenvalue weighted by Crippen LogP contribution is -2.38. The van der Waals surface area contributed by atoms with Crippen LogP contribution in [-0.4, -0.2) is 32.0 Å². The second-order valence-corrected chi connectivity index (χ2v) is 7.47. The minimum atomic E-state index is -0.319. The smallest absolute Gasteiger partial charge is 0.331 e. The molecule has 0 unspecified atom stereocenters. The third-order valence-corrected chi connectivity index (χ3v) is 5.70. The van der Waals surface area contributed by atoms with Gasteiger partial charge in [-0.15, -0.1) is 0 Å². The van der Waals surface area contributed by atoms with Crippen LogP contribution in [0, 0.1) is 5.92 Å². The van der Waals surface area contributed by atoms with Gasteiger partial charge in [-0.25, -0.2) is 4.79 Å². The zero-order chi connectivity index (χ0) is 19.1. The predicted molar refractivity (Wildman–Crippen MR) is 106 cm³/mol. The van der Waals surface area contributed by atoms with Crippen LogP contribution in [0.15, 0.2) is 39.9 Å². The molecule has 7 heteroatoms. The number of piperidine rings is 1. The van der Waals surface area contributed by atoms with E-state index in [9.17, 15) is 9.59 Å². The first kappa shape index (κ1) is 17.6. The molecule has 4 rings (SSSR count). The number of benzene rings is 1. The largest absolute Gasteiger partial charge is 0.353 e. The molecule has 0 atom stereocenters. The first-order valence-electron chi connectivity index (χ1n) is 9.39. The molecule has 0 radical (unpaired) electrons. The third kappa shape index (κ3) is 2.97. The van der Waals surface area contributed by atoms with Crippen molar-refractivity contribution in [1.29, 1.82) is 0 Å². The van der Waals surface area contributed by atoms with Crippen molar-refractivity contribution in [3.8, 4) is 0 Å². The molecule has 0 saturated carbocycles. The van der Waals surface area contributed by atoms with Crippen LogP contribution in [0.25, 0.3) is 11.0 Å². The monoisotopic (exact) mass is 367 g/mol. The highest BCUT2D eigenvalue weighted by Gasteiger charge is 2.26. The van der Waals surface area contributed by atoms with Crippen LogP contribution in [0.4, 0.5) is 5.82 Å². The number of nitrogens with zero attached hydrogens (tertiary/aromatic N) is 5. The lowest BCUT2D eigenvalue weighted by Gasteiger charge is -2.32. The average molecular weight is 367 g/mol. The number of aryl methyl sites for hydroxylation is 2. The lowest BCUT2D eigenvalue weighted by atomic mass is 9.90. The van der Waals surface area contributed by atoms with Crippen LogP contribution in [0.1, 0.15) is 18.4 Å². The van der Waals surface area contributed by atoms with Gasteiger partial charge in [0.05, 0.1) is 0 Å². The van der Waals surface area contributed by atoms with E-state index in [1.807, 2.05) is 6.07 Å². The Morgan fingerprint density at radius 3 is 2.30 bits per heavy atom. The summed E-state index contributed by atoms with van der Waals surface area (Å²) in [6.45, 7) is 1.76. The van der Waals surface area contributed by atoms with E-state index in [0.717, 1.165) is 42.7 Å². The fourth-order valence-electron chi connectivity index (χ4n) is 4.12. The molecule has 0 bridgehead atoms. The molecule has 0 spiro atoms. The van der Waals surface area contributed by atoms with Gasteiger partial charge in [-0.1, -0.05) is 30.3 Å². The van der Waals surface area contributed by atoms with Crippen LogP contribution < -0.4 is 16.1 Å². The molecule has 27 heavy (non-hydrogen) atoms. The summed E-state index contributed by atoms with van der Waals surface area (Å²) in [5.74, 6) is 1.39. The first-order chi connectivity index (χ1) is 13.0. The highest BCUT2D eigenvalue weighted by Crippen LogP contribution is 2.28. The minimum absolute atomic E-state index is 0.298. The zero-order valence-electron chi connectivity index (χ0n) is 16.1. The molecular formula is C20H25N5O2. The molecule has 3 heterocycles. The minimum Gasteiger partial charge on any atom is -0.353 e. The van der Waals surface area contributed by atoms with Gasteiger partial charge in [0.2, 0.25) is 0 Å². The summed E-state index contributed by atoms with van der Waals surface area (Å²) in [7, 11) is 4.98. The summed E-state index contributed by atoms with van der Waals surface area (Å²) in [6.07, 6.45) is 3.24. The van der Waals surface area contributed by atoms with E-state index >= 15 is 0 Å². The molecule has 0 aliphatic carbocycles. The van der Waals surface area contributed by atoms with Crippen molar-refractivity contribution >= 4 is 16.9 Å². The predicted octanol–water partition coefficient (Wildman–Crippen LogP) is 1.43. The van der Waals surface area contributed by atoms with E-state index in [1.54, 1.807) is 18.8 Å². The van der Waals surface area contributed by atoms with Crippen LogP contribution in [0.5, 0.6) is 0 Å². The van der Waals surface area contributed by atoms with E-state index in [1.165, 1.54) is 17.2 Å². The van der Waals surface area contributed by atoms with Gasteiger partial charge in [0.25, 0.3) is 5.56 Å². The fraction of sp³-hybridized carbons (Fsp3) is 0.450. The van der Waals surface area contributed by atoms with Crippen molar-refractivity contribution < 1.29 is 0 Å². The van der Waals surface area contributed by atoms with Crippen molar-refractivity contribution in [2.75, 3.05) is 18.0 Å². The van der Waals surface area contributed by atoms with Crippen molar-refractivity contribution in [2.24, 2.45) is 27.1 Å². The van der Waals surface area contributed by atoms with Crippen molar-refractivity contribution in [2.45, 2.75) is 19.3 Å².